The molecule has 0 aromatic carbocycles. The van der Waals surface area contributed by atoms with E-state index in [-0.39, 0.29) is 16.9 Å². The SMILES string of the molecule is C[C@]12CC[C@H]3[C@@H](CC[C@@]4(C)C(=O)CC[C@H]34)[C@@H]1CC[C@@H]2O. The van der Waals surface area contributed by atoms with Gasteiger partial charge in [0.15, 0.2) is 0 Å². The van der Waals surface area contributed by atoms with Crippen LogP contribution in [0.25, 0.3) is 0 Å². The molecule has 0 aromatic heterocycles. The Balaban J connectivity index is 1.65. The molecule has 4 saturated carbocycles. The predicted molar refractivity (Wildman–Crippen MR) is 78.1 cm³/mol. The van der Waals surface area contributed by atoms with E-state index in [0.717, 1.165) is 43.4 Å². The molecule has 0 saturated heterocycles. The summed E-state index contributed by atoms with van der Waals surface area (Å²) in [6, 6.07) is 0. The van der Waals surface area contributed by atoms with Crippen LogP contribution in [0.3, 0.4) is 0 Å². The molecule has 0 aliphatic heterocycles. The van der Waals surface area contributed by atoms with Crippen molar-refractivity contribution < 1.29 is 9.90 Å². The zero-order valence-electron chi connectivity index (χ0n) is 12.9. The molecule has 0 aromatic rings. The molecule has 4 fully saturated rings. The van der Waals surface area contributed by atoms with Gasteiger partial charge in [-0.1, -0.05) is 13.8 Å². The van der Waals surface area contributed by atoms with Crippen LogP contribution in [0.2, 0.25) is 0 Å². The summed E-state index contributed by atoms with van der Waals surface area (Å²) in [6.45, 7) is 4.58. The van der Waals surface area contributed by atoms with Crippen molar-refractivity contribution in [3.05, 3.63) is 0 Å². The number of aliphatic hydroxyl groups is 1. The molecule has 0 unspecified atom stereocenters. The van der Waals surface area contributed by atoms with Crippen LogP contribution in [0.5, 0.6) is 0 Å². The van der Waals surface area contributed by atoms with Crippen LogP contribution >= 0.6 is 0 Å². The Hall–Kier alpha value is -0.370. The van der Waals surface area contributed by atoms with Crippen molar-refractivity contribution in [3.8, 4) is 0 Å². The number of aliphatic hydroxyl groups excluding tert-OH is 1. The maximum atomic E-state index is 12.3. The van der Waals surface area contributed by atoms with E-state index in [1.165, 1.54) is 25.7 Å². The Morgan fingerprint density at radius 2 is 1.65 bits per heavy atom. The number of carbonyl (C=O) groups is 1. The van der Waals surface area contributed by atoms with Gasteiger partial charge in [-0.05, 0) is 74.0 Å². The van der Waals surface area contributed by atoms with Crippen LogP contribution in [0.4, 0.5) is 0 Å². The Labute approximate surface area is 122 Å². The summed E-state index contributed by atoms with van der Waals surface area (Å²) in [5.41, 5.74) is 0.184. The largest absolute Gasteiger partial charge is 0.393 e. The molecule has 0 heterocycles. The topological polar surface area (TPSA) is 37.3 Å². The highest BCUT2D eigenvalue weighted by molar-refractivity contribution is 5.87. The van der Waals surface area contributed by atoms with Crippen LogP contribution < -0.4 is 0 Å². The van der Waals surface area contributed by atoms with Gasteiger partial charge in [0.25, 0.3) is 0 Å². The lowest BCUT2D eigenvalue weighted by molar-refractivity contribution is -0.135. The molecule has 4 rings (SSSR count). The number of carbonyl (C=O) groups excluding carboxylic acids is 1. The first-order valence-electron chi connectivity index (χ1n) is 8.68. The molecule has 4 aliphatic carbocycles. The van der Waals surface area contributed by atoms with Crippen molar-refractivity contribution in [3.63, 3.8) is 0 Å². The lowest BCUT2D eigenvalue weighted by Crippen LogP contribution is -2.50. The molecular formula is C18H28O2. The Morgan fingerprint density at radius 1 is 0.950 bits per heavy atom. The molecule has 112 valence electrons. The first-order chi connectivity index (χ1) is 9.47. The first-order valence-corrected chi connectivity index (χ1v) is 8.68. The minimum Gasteiger partial charge on any atom is -0.393 e. The fraction of sp³-hybridized carbons (Fsp3) is 0.944. The Morgan fingerprint density at radius 3 is 2.45 bits per heavy atom. The Kier molecular flexibility index (Phi) is 2.72. The second-order valence-electron chi connectivity index (χ2n) is 8.60. The average Bonchev–Trinajstić information content (AvgIpc) is 2.89. The van der Waals surface area contributed by atoms with Crippen LogP contribution in [0.1, 0.15) is 65.2 Å². The standard InChI is InChI=1S/C18H28O2/c1-17-9-7-12-11(13(17)3-5-15(17)19)8-10-18(2)14(12)4-6-16(18)20/h11-15,19H,3-10H2,1-2H3/t11-,12+,13+,14-,15+,17+,18-/m1/s1. The highest BCUT2D eigenvalue weighted by atomic mass is 16.3. The van der Waals surface area contributed by atoms with Crippen molar-refractivity contribution in [2.75, 3.05) is 0 Å². The third-order valence-electron chi connectivity index (χ3n) is 8.09. The summed E-state index contributed by atoms with van der Waals surface area (Å²) in [7, 11) is 0. The van der Waals surface area contributed by atoms with E-state index in [1.807, 2.05) is 0 Å². The highest BCUT2D eigenvalue weighted by Gasteiger charge is 2.60. The molecule has 4 aliphatic rings. The fourth-order valence-electron chi connectivity index (χ4n) is 6.78. The minimum atomic E-state index is -0.0769. The van der Waals surface area contributed by atoms with Gasteiger partial charge in [0, 0.05) is 11.8 Å². The third-order valence-corrected chi connectivity index (χ3v) is 8.09. The van der Waals surface area contributed by atoms with Crippen LogP contribution in [-0.2, 0) is 4.79 Å². The molecule has 0 bridgehead atoms. The summed E-state index contributed by atoms with van der Waals surface area (Å²) in [5.74, 6) is 3.46. The molecule has 20 heavy (non-hydrogen) atoms. The van der Waals surface area contributed by atoms with Crippen molar-refractivity contribution in [1.82, 2.24) is 0 Å². The number of Topliss-reactive ketones (excluding diaryl/α,β-unsaturated/α-hetero) is 1. The van der Waals surface area contributed by atoms with E-state index >= 15 is 0 Å². The van der Waals surface area contributed by atoms with Gasteiger partial charge in [-0.2, -0.15) is 0 Å². The number of fused-ring (bicyclic) bond motifs is 5. The minimum absolute atomic E-state index is 0.00608. The number of ketones is 1. The average molecular weight is 276 g/mol. The predicted octanol–water partition coefficient (Wildman–Crippen LogP) is 3.57. The molecule has 7 atom stereocenters. The quantitative estimate of drug-likeness (QED) is 0.734. The Bertz CT molecular complexity index is 445. The van der Waals surface area contributed by atoms with Gasteiger partial charge in [-0.15, -0.1) is 0 Å². The van der Waals surface area contributed by atoms with Crippen LogP contribution in [0, 0.1) is 34.5 Å². The van der Waals surface area contributed by atoms with Crippen molar-refractivity contribution >= 4 is 5.78 Å². The molecular weight excluding hydrogens is 248 g/mol. The second kappa shape index (κ2) is 4.09. The van der Waals surface area contributed by atoms with Gasteiger partial charge in [0.05, 0.1) is 6.10 Å². The van der Waals surface area contributed by atoms with E-state index < -0.39 is 0 Å². The van der Waals surface area contributed by atoms with Crippen LogP contribution in [0.15, 0.2) is 0 Å². The second-order valence-corrected chi connectivity index (χ2v) is 8.60. The molecule has 0 amide bonds. The van der Waals surface area contributed by atoms with Crippen molar-refractivity contribution in [2.24, 2.45) is 34.5 Å². The zero-order valence-corrected chi connectivity index (χ0v) is 12.9. The fourth-order valence-corrected chi connectivity index (χ4v) is 6.78. The van der Waals surface area contributed by atoms with Gasteiger partial charge >= 0.3 is 0 Å². The summed E-state index contributed by atoms with van der Waals surface area (Å²) in [6.07, 6.45) is 8.89. The maximum Gasteiger partial charge on any atom is 0.139 e. The highest BCUT2D eigenvalue weighted by Crippen LogP contribution is 2.65. The molecule has 2 nitrogen and oxygen atoms in total. The lowest BCUT2D eigenvalue weighted by Gasteiger charge is -2.55. The number of hydrogen-bond donors (Lipinski definition) is 1. The lowest BCUT2D eigenvalue weighted by atomic mass is 9.50. The van der Waals surface area contributed by atoms with E-state index in [1.54, 1.807) is 0 Å². The van der Waals surface area contributed by atoms with Gasteiger partial charge in [0.2, 0.25) is 0 Å². The normalized spacial score (nSPS) is 58.1. The molecule has 0 spiro atoms. The summed E-state index contributed by atoms with van der Waals surface area (Å²) >= 11 is 0. The third kappa shape index (κ3) is 1.47. The molecule has 1 N–H and O–H groups in total. The van der Waals surface area contributed by atoms with E-state index in [9.17, 15) is 9.90 Å². The van der Waals surface area contributed by atoms with Crippen molar-refractivity contribution in [2.45, 2.75) is 71.3 Å². The number of rotatable bonds is 0. The maximum absolute atomic E-state index is 12.3. The van der Waals surface area contributed by atoms with Gasteiger partial charge in [-0.3, -0.25) is 4.79 Å². The van der Waals surface area contributed by atoms with Crippen molar-refractivity contribution in [1.29, 1.82) is 0 Å². The summed E-state index contributed by atoms with van der Waals surface area (Å²) in [4.78, 5) is 12.3. The van der Waals surface area contributed by atoms with E-state index in [0.29, 0.717) is 11.7 Å². The van der Waals surface area contributed by atoms with Crippen LogP contribution in [-0.4, -0.2) is 17.0 Å². The monoisotopic (exact) mass is 276 g/mol. The summed E-state index contributed by atoms with van der Waals surface area (Å²) < 4.78 is 0. The zero-order chi connectivity index (χ0) is 14.1. The van der Waals surface area contributed by atoms with Gasteiger partial charge < -0.3 is 5.11 Å². The smallest absolute Gasteiger partial charge is 0.139 e. The number of hydrogen-bond acceptors (Lipinski definition) is 2. The molecule has 0 radical (unpaired) electrons. The van der Waals surface area contributed by atoms with Gasteiger partial charge in [-0.25, -0.2) is 0 Å². The van der Waals surface area contributed by atoms with E-state index in [4.69, 9.17) is 0 Å². The summed E-state index contributed by atoms with van der Waals surface area (Å²) in [5, 5.41) is 10.4. The molecule has 2 heteroatoms. The first kappa shape index (κ1) is 13.3. The van der Waals surface area contributed by atoms with Gasteiger partial charge in [0.1, 0.15) is 5.78 Å². The van der Waals surface area contributed by atoms with E-state index in [2.05, 4.69) is 13.8 Å².